The van der Waals surface area contributed by atoms with Crippen LogP contribution in [0.25, 0.3) is 0 Å². The standard InChI is InChI=1S/C23H37IO4/c1-3-5-7-9-11-13-15-18-19(16-14-12-10-8-6-4-2)22(25)21(17-20(18)24)28-23(26)27/h17,25H,3-16H2,1-2H3,(H,26,27). The molecule has 5 heteroatoms. The molecule has 1 aromatic rings. The van der Waals surface area contributed by atoms with E-state index in [1.807, 2.05) is 0 Å². The highest BCUT2D eigenvalue weighted by molar-refractivity contribution is 14.1. The molecule has 0 aliphatic carbocycles. The predicted molar refractivity (Wildman–Crippen MR) is 124 cm³/mol. The van der Waals surface area contributed by atoms with Crippen LogP contribution in [-0.2, 0) is 12.8 Å². The topological polar surface area (TPSA) is 66.8 Å². The number of ether oxygens (including phenoxy) is 1. The Morgan fingerprint density at radius 1 is 0.857 bits per heavy atom. The molecule has 0 aromatic heterocycles. The van der Waals surface area contributed by atoms with E-state index in [1.165, 1.54) is 63.4 Å². The van der Waals surface area contributed by atoms with Crippen LogP contribution < -0.4 is 4.74 Å². The fraction of sp³-hybridized carbons (Fsp3) is 0.696. The lowest BCUT2D eigenvalue weighted by Crippen LogP contribution is -2.07. The van der Waals surface area contributed by atoms with Gasteiger partial charge in [-0.05, 0) is 59.9 Å². The van der Waals surface area contributed by atoms with Crippen molar-refractivity contribution in [2.24, 2.45) is 0 Å². The first kappa shape index (κ1) is 25.1. The van der Waals surface area contributed by atoms with Crippen molar-refractivity contribution in [3.05, 3.63) is 20.8 Å². The van der Waals surface area contributed by atoms with E-state index in [0.29, 0.717) is 0 Å². The van der Waals surface area contributed by atoms with E-state index in [-0.39, 0.29) is 11.5 Å². The van der Waals surface area contributed by atoms with Gasteiger partial charge in [0.15, 0.2) is 11.5 Å². The smallest absolute Gasteiger partial charge is 0.504 e. The molecule has 0 atom stereocenters. The maximum atomic E-state index is 11.0. The molecule has 0 amide bonds. The largest absolute Gasteiger partial charge is 0.511 e. The quantitative estimate of drug-likeness (QED) is 0.110. The third-order valence-electron chi connectivity index (χ3n) is 5.19. The van der Waals surface area contributed by atoms with Crippen LogP contribution in [0.5, 0.6) is 11.5 Å². The Hall–Kier alpha value is -0.980. The maximum absolute atomic E-state index is 11.0. The van der Waals surface area contributed by atoms with E-state index in [0.717, 1.165) is 41.2 Å². The van der Waals surface area contributed by atoms with Gasteiger partial charge in [-0.1, -0.05) is 78.1 Å². The molecule has 160 valence electrons. The molecule has 0 unspecified atom stereocenters. The minimum atomic E-state index is -1.39. The number of carboxylic acid groups (broad SMARTS) is 1. The number of hydrogen-bond acceptors (Lipinski definition) is 3. The normalized spacial score (nSPS) is 11.0. The summed E-state index contributed by atoms with van der Waals surface area (Å²) in [5.74, 6) is 0.0712. The molecule has 1 rings (SSSR count). The Bertz CT molecular complexity index is 586. The van der Waals surface area contributed by atoms with Crippen molar-refractivity contribution in [3.8, 4) is 11.5 Å². The summed E-state index contributed by atoms with van der Waals surface area (Å²) in [5, 5.41) is 19.6. The van der Waals surface area contributed by atoms with E-state index >= 15 is 0 Å². The second kappa shape index (κ2) is 14.9. The van der Waals surface area contributed by atoms with Crippen molar-refractivity contribution in [2.45, 2.75) is 104 Å². The number of carbonyl (C=O) groups is 1. The number of halogens is 1. The molecule has 0 heterocycles. The zero-order valence-electron chi connectivity index (χ0n) is 17.6. The van der Waals surface area contributed by atoms with Gasteiger partial charge in [0, 0.05) is 9.13 Å². The summed E-state index contributed by atoms with van der Waals surface area (Å²) in [6.07, 6.45) is 14.8. The summed E-state index contributed by atoms with van der Waals surface area (Å²) in [4.78, 5) is 11.0. The van der Waals surface area contributed by atoms with Crippen molar-refractivity contribution in [3.63, 3.8) is 0 Å². The fourth-order valence-corrected chi connectivity index (χ4v) is 4.46. The molecule has 0 fully saturated rings. The minimum absolute atomic E-state index is 0.0114. The van der Waals surface area contributed by atoms with Crippen LogP contribution in [0.2, 0.25) is 0 Å². The predicted octanol–water partition coefficient (Wildman–Crippen LogP) is 7.86. The van der Waals surface area contributed by atoms with Crippen LogP contribution in [0.3, 0.4) is 0 Å². The van der Waals surface area contributed by atoms with Crippen LogP contribution in [0.4, 0.5) is 4.79 Å². The molecule has 1 aromatic carbocycles. The highest BCUT2D eigenvalue weighted by Gasteiger charge is 2.19. The molecular weight excluding hydrogens is 467 g/mol. The maximum Gasteiger partial charge on any atom is 0.511 e. The van der Waals surface area contributed by atoms with Crippen LogP contribution in [-0.4, -0.2) is 16.4 Å². The summed E-state index contributed by atoms with van der Waals surface area (Å²) in [6.45, 7) is 4.43. The monoisotopic (exact) mass is 504 g/mol. The lowest BCUT2D eigenvalue weighted by Gasteiger charge is -2.16. The summed E-state index contributed by atoms with van der Waals surface area (Å²) < 4.78 is 5.80. The molecule has 0 aliphatic heterocycles. The van der Waals surface area contributed by atoms with E-state index in [9.17, 15) is 9.90 Å². The van der Waals surface area contributed by atoms with Gasteiger partial charge >= 0.3 is 6.16 Å². The molecular formula is C23H37IO4. The fourth-order valence-electron chi connectivity index (χ4n) is 3.58. The Morgan fingerprint density at radius 3 is 1.82 bits per heavy atom. The van der Waals surface area contributed by atoms with Crippen molar-refractivity contribution in [1.29, 1.82) is 0 Å². The molecule has 0 bridgehead atoms. The molecule has 0 radical (unpaired) electrons. The van der Waals surface area contributed by atoms with Crippen molar-refractivity contribution in [2.75, 3.05) is 0 Å². The zero-order chi connectivity index (χ0) is 20.8. The highest BCUT2D eigenvalue weighted by Crippen LogP contribution is 2.38. The summed E-state index contributed by atoms with van der Waals surface area (Å²) in [5.41, 5.74) is 2.05. The van der Waals surface area contributed by atoms with Gasteiger partial charge in [0.05, 0.1) is 0 Å². The molecule has 0 spiro atoms. The molecule has 28 heavy (non-hydrogen) atoms. The SMILES string of the molecule is CCCCCCCCc1c(I)cc(OC(=O)O)c(O)c1CCCCCCCC. The number of rotatable bonds is 15. The van der Waals surface area contributed by atoms with Gasteiger partial charge in [0.1, 0.15) is 0 Å². The van der Waals surface area contributed by atoms with Gasteiger partial charge < -0.3 is 14.9 Å². The van der Waals surface area contributed by atoms with Crippen molar-refractivity contribution in [1.82, 2.24) is 0 Å². The third-order valence-corrected chi connectivity index (χ3v) is 6.15. The summed E-state index contributed by atoms with van der Waals surface area (Å²) in [7, 11) is 0. The number of benzene rings is 1. The second-order valence-corrected chi connectivity index (χ2v) is 8.73. The lowest BCUT2D eigenvalue weighted by atomic mass is 9.95. The number of aromatic hydroxyl groups is 1. The van der Waals surface area contributed by atoms with Gasteiger partial charge in [-0.3, -0.25) is 0 Å². The van der Waals surface area contributed by atoms with Crippen LogP contribution in [0.1, 0.15) is 102 Å². The zero-order valence-corrected chi connectivity index (χ0v) is 19.7. The van der Waals surface area contributed by atoms with E-state index < -0.39 is 6.16 Å². The van der Waals surface area contributed by atoms with Gasteiger partial charge in [0.25, 0.3) is 0 Å². The Morgan fingerprint density at radius 2 is 1.32 bits per heavy atom. The van der Waals surface area contributed by atoms with Gasteiger partial charge in [-0.25, -0.2) is 4.79 Å². The van der Waals surface area contributed by atoms with Crippen LogP contribution >= 0.6 is 22.6 Å². The Labute approximate surface area is 184 Å². The Balaban J connectivity index is 2.79. The van der Waals surface area contributed by atoms with E-state index in [1.54, 1.807) is 6.07 Å². The first-order valence-electron chi connectivity index (χ1n) is 10.9. The van der Waals surface area contributed by atoms with Crippen LogP contribution in [0.15, 0.2) is 6.07 Å². The molecule has 0 saturated heterocycles. The molecule has 4 nitrogen and oxygen atoms in total. The van der Waals surface area contributed by atoms with E-state index in [2.05, 4.69) is 36.4 Å². The third kappa shape index (κ3) is 9.48. The number of phenols is 1. The lowest BCUT2D eigenvalue weighted by molar-refractivity contribution is 0.142. The minimum Gasteiger partial charge on any atom is -0.504 e. The molecule has 0 aliphatic rings. The first-order chi connectivity index (χ1) is 13.5. The van der Waals surface area contributed by atoms with Gasteiger partial charge in [0.2, 0.25) is 0 Å². The number of phenolic OH excluding ortho intramolecular Hbond substituents is 1. The summed E-state index contributed by atoms with van der Waals surface area (Å²) in [6, 6.07) is 1.65. The van der Waals surface area contributed by atoms with Gasteiger partial charge in [-0.2, -0.15) is 0 Å². The second-order valence-electron chi connectivity index (χ2n) is 7.57. The van der Waals surface area contributed by atoms with Crippen molar-refractivity contribution >= 4 is 28.7 Å². The first-order valence-corrected chi connectivity index (χ1v) is 12.0. The summed E-state index contributed by atoms with van der Waals surface area (Å²) >= 11 is 2.24. The average molecular weight is 504 g/mol. The molecule has 2 N–H and O–H groups in total. The number of hydrogen-bond donors (Lipinski definition) is 2. The van der Waals surface area contributed by atoms with Gasteiger partial charge in [-0.15, -0.1) is 0 Å². The van der Waals surface area contributed by atoms with Crippen LogP contribution in [0, 0.1) is 3.57 Å². The molecule has 0 saturated carbocycles. The Kier molecular flexibility index (Phi) is 13.4. The van der Waals surface area contributed by atoms with E-state index in [4.69, 9.17) is 9.84 Å². The highest BCUT2D eigenvalue weighted by atomic mass is 127. The number of unbranched alkanes of at least 4 members (excludes halogenated alkanes) is 10. The van der Waals surface area contributed by atoms with Crippen molar-refractivity contribution < 1.29 is 19.7 Å². The average Bonchev–Trinajstić information content (AvgIpc) is 2.65.